The van der Waals surface area contributed by atoms with E-state index >= 15 is 0 Å². The average molecular weight is 906 g/mol. The van der Waals surface area contributed by atoms with Gasteiger partial charge in [0, 0.05) is 19.3 Å². The van der Waals surface area contributed by atoms with Crippen molar-refractivity contribution in [2.75, 3.05) is 13.2 Å². The van der Waals surface area contributed by atoms with Gasteiger partial charge >= 0.3 is 17.9 Å². The van der Waals surface area contributed by atoms with E-state index in [2.05, 4.69) is 27.7 Å². The molecule has 64 heavy (non-hydrogen) atoms. The Hall–Kier alpha value is -1.59. The second-order valence-corrected chi connectivity index (χ2v) is 20.4. The normalized spacial score (nSPS) is 12.0. The van der Waals surface area contributed by atoms with Crippen molar-refractivity contribution in [1.82, 2.24) is 0 Å². The van der Waals surface area contributed by atoms with E-state index in [4.69, 9.17) is 14.2 Å². The molecule has 0 spiro atoms. The maximum absolute atomic E-state index is 12.8. The smallest absolute Gasteiger partial charge is 0.306 e. The third-order valence-corrected chi connectivity index (χ3v) is 13.3. The Morgan fingerprint density at radius 2 is 0.516 bits per heavy atom. The van der Waals surface area contributed by atoms with E-state index < -0.39 is 6.10 Å². The summed E-state index contributed by atoms with van der Waals surface area (Å²) in [5.74, 6) is 0.0218. The second kappa shape index (κ2) is 52.4. The quantitative estimate of drug-likeness (QED) is 0.0344. The van der Waals surface area contributed by atoms with Crippen molar-refractivity contribution in [2.24, 2.45) is 5.92 Å². The highest BCUT2D eigenvalue weighted by molar-refractivity contribution is 5.71. The molecule has 0 heterocycles. The summed E-state index contributed by atoms with van der Waals surface area (Å²) in [4.78, 5) is 38.1. The number of hydrogen-bond acceptors (Lipinski definition) is 6. The Morgan fingerprint density at radius 3 is 0.766 bits per heavy atom. The molecular formula is C58H112O6. The predicted molar refractivity (Wildman–Crippen MR) is 275 cm³/mol. The maximum atomic E-state index is 12.8. The van der Waals surface area contributed by atoms with Gasteiger partial charge in [-0.2, -0.15) is 0 Å². The molecule has 0 saturated heterocycles. The highest BCUT2D eigenvalue weighted by atomic mass is 16.6. The van der Waals surface area contributed by atoms with Crippen molar-refractivity contribution >= 4 is 17.9 Å². The molecule has 0 aromatic heterocycles. The fourth-order valence-electron chi connectivity index (χ4n) is 8.92. The average Bonchev–Trinajstić information content (AvgIpc) is 3.28. The molecule has 0 aromatic rings. The van der Waals surface area contributed by atoms with E-state index in [-0.39, 0.29) is 31.1 Å². The van der Waals surface area contributed by atoms with Gasteiger partial charge in [-0.15, -0.1) is 0 Å². The Bertz CT molecular complexity index is 964. The van der Waals surface area contributed by atoms with Crippen LogP contribution in [0, 0.1) is 5.92 Å². The Morgan fingerprint density at radius 1 is 0.297 bits per heavy atom. The molecule has 0 aliphatic rings. The van der Waals surface area contributed by atoms with Gasteiger partial charge in [-0.05, 0) is 25.2 Å². The Balaban J connectivity index is 4.23. The van der Waals surface area contributed by atoms with E-state index in [1.165, 1.54) is 225 Å². The lowest BCUT2D eigenvalue weighted by molar-refractivity contribution is -0.167. The molecule has 0 saturated carbocycles. The predicted octanol–water partition coefficient (Wildman–Crippen LogP) is 19.0. The third-order valence-electron chi connectivity index (χ3n) is 13.3. The number of unbranched alkanes of at least 4 members (excludes halogenated alkanes) is 40. The number of esters is 3. The summed E-state index contributed by atoms with van der Waals surface area (Å²) in [6, 6.07) is 0. The van der Waals surface area contributed by atoms with Gasteiger partial charge in [0.05, 0.1) is 0 Å². The van der Waals surface area contributed by atoms with Gasteiger partial charge in [-0.25, -0.2) is 0 Å². The van der Waals surface area contributed by atoms with Crippen LogP contribution in [-0.2, 0) is 28.6 Å². The zero-order chi connectivity index (χ0) is 46.7. The van der Waals surface area contributed by atoms with E-state index in [1.807, 2.05) is 0 Å². The van der Waals surface area contributed by atoms with Crippen LogP contribution in [0.15, 0.2) is 0 Å². The largest absolute Gasteiger partial charge is 0.462 e. The molecule has 0 fully saturated rings. The minimum Gasteiger partial charge on any atom is -0.462 e. The SMILES string of the molecule is CCCCCCCCCCCCCCCCC(=O)OC[C@@H](COC(=O)CCCCCCCCCCCCC)OC(=O)CCCCCCCCCCCCCCCCCCCCC(C)C. The van der Waals surface area contributed by atoms with E-state index in [0.717, 1.165) is 63.7 Å². The molecule has 0 aliphatic carbocycles. The van der Waals surface area contributed by atoms with Crippen LogP contribution in [0.3, 0.4) is 0 Å². The van der Waals surface area contributed by atoms with Crippen LogP contribution >= 0.6 is 0 Å². The molecular weight excluding hydrogens is 793 g/mol. The van der Waals surface area contributed by atoms with Crippen LogP contribution in [0.2, 0.25) is 0 Å². The number of carbonyl (C=O) groups is 3. The summed E-state index contributed by atoms with van der Waals surface area (Å²) in [5.41, 5.74) is 0. The molecule has 6 heteroatoms. The van der Waals surface area contributed by atoms with E-state index in [9.17, 15) is 14.4 Å². The molecule has 0 rings (SSSR count). The van der Waals surface area contributed by atoms with Gasteiger partial charge < -0.3 is 14.2 Å². The monoisotopic (exact) mass is 905 g/mol. The lowest BCUT2D eigenvalue weighted by Gasteiger charge is -2.18. The molecule has 6 nitrogen and oxygen atoms in total. The van der Waals surface area contributed by atoms with Crippen LogP contribution in [0.25, 0.3) is 0 Å². The summed E-state index contributed by atoms with van der Waals surface area (Å²) in [7, 11) is 0. The summed E-state index contributed by atoms with van der Waals surface area (Å²) in [6.45, 7) is 9.07. The first kappa shape index (κ1) is 62.4. The minimum atomic E-state index is -0.761. The summed E-state index contributed by atoms with van der Waals surface area (Å²) in [6.07, 6.45) is 56.7. The van der Waals surface area contributed by atoms with Crippen LogP contribution < -0.4 is 0 Å². The molecule has 0 aromatic carbocycles. The van der Waals surface area contributed by atoms with E-state index in [1.54, 1.807) is 0 Å². The zero-order valence-corrected chi connectivity index (χ0v) is 43.8. The molecule has 0 unspecified atom stereocenters. The summed E-state index contributed by atoms with van der Waals surface area (Å²) in [5, 5.41) is 0. The first-order valence-corrected chi connectivity index (χ1v) is 28.9. The fourth-order valence-corrected chi connectivity index (χ4v) is 8.92. The Kier molecular flexibility index (Phi) is 51.1. The lowest BCUT2D eigenvalue weighted by Crippen LogP contribution is -2.30. The molecule has 0 aliphatic heterocycles. The van der Waals surface area contributed by atoms with Crippen LogP contribution in [0.1, 0.15) is 329 Å². The Labute approximate surface area is 399 Å². The number of rotatable bonds is 53. The first-order valence-electron chi connectivity index (χ1n) is 28.9. The highest BCUT2D eigenvalue weighted by Gasteiger charge is 2.19. The zero-order valence-electron chi connectivity index (χ0n) is 43.8. The number of hydrogen-bond donors (Lipinski definition) is 0. The first-order chi connectivity index (χ1) is 31.4. The van der Waals surface area contributed by atoms with Crippen LogP contribution in [-0.4, -0.2) is 37.2 Å². The van der Waals surface area contributed by atoms with Crippen molar-refractivity contribution in [3.05, 3.63) is 0 Å². The molecule has 1 atom stereocenters. The summed E-state index contributed by atoms with van der Waals surface area (Å²) < 4.78 is 16.9. The van der Waals surface area contributed by atoms with E-state index in [0.29, 0.717) is 19.3 Å². The number of ether oxygens (including phenoxy) is 3. The van der Waals surface area contributed by atoms with Crippen LogP contribution in [0.4, 0.5) is 0 Å². The maximum Gasteiger partial charge on any atom is 0.306 e. The van der Waals surface area contributed by atoms with Crippen molar-refractivity contribution in [1.29, 1.82) is 0 Å². The van der Waals surface area contributed by atoms with Gasteiger partial charge in [0.1, 0.15) is 13.2 Å². The molecule has 0 N–H and O–H groups in total. The molecule has 0 bridgehead atoms. The number of carbonyl (C=O) groups excluding carboxylic acids is 3. The van der Waals surface area contributed by atoms with Crippen molar-refractivity contribution < 1.29 is 28.6 Å². The van der Waals surface area contributed by atoms with Crippen molar-refractivity contribution in [2.45, 2.75) is 336 Å². The fraction of sp³-hybridized carbons (Fsp3) is 0.948. The third kappa shape index (κ3) is 51.4. The van der Waals surface area contributed by atoms with Gasteiger partial charge in [0.2, 0.25) is 0 Å². The van der Waals surface area contributed by atoms with Crippen molar-refractivity contribution in [3.8, 4) is 0 Å². The van der Waals surface area contributed by atoms with Gasteiger partial charge in [0.25, 0.3) is 0 Å². The van der Waals surface area contributed by atoms with Crippen molar-refractivity contribution in [3.63, 3.8) is 0 Å². The molecule has 0 radical (unpaired) electrons. The molecule has 0 amide bonds. The van der Waals surface area contributed by atoms with Gasteiger partial charge in [-0.3, -0.25) is 14.4 Å². The standard InChI is InChI=1S/C58H112O6/c1-5-7-9-11-13-15-17-18-26-30-34-38-42-46-50-57(60)63-53-55(52-62-56(59)49-45-41-37-33-28-16-14-12-10-8-6-2)64-58(61)51-47-43-39-35-31-27-24-22-20-19-21-23-25-29-32-36-40-44-48-54(3)4/h54-55H,5-53H2,1-4H3/t55-/m1/s1. The topological polar surface area (TPSA) is 78.9 Å². The van der Waals surface area contributed by atoms with Crippen LogP contribution in [0.5, 0.6) is 0 Å². The second-order valence-electron chi connectivity index (χ2n) is 20.4. The van der Waals surface area contributed by atoms with Gasteiger partial charge in [0.15, 0.2) is 6.10 Å². The molecule has 380 valence electrons. The van der Waals surface area contributed by atoms with Gasteiger partial charge in [-0.1, -0.05) is 291 Å². The summed E-state index contributed by atoms with van der Waals surface area (Å²) >= 11 is 0. The lowest BCUT2D eigenvalue weighted by atomic mass is 10.0. The minimum absolute atomic E-state index is 0.0618. The highest BCUT2D eigenvalue weighted by Crippen LogP contribution is 2.18.